The first-order chi connectivity index (χ1) is 17.4. The van der Waals surface area contributed by atoms with Crippen LogP contribution in [-0.4, -0.2) is 104 Å². The van der Waals surface area contributed by atoms with E-state index in [-0.39, 0.29) is 35.8 Å². The molecule has 36 heavy (non-hydrogen) atoms. The molecule has 3 heterocycles. The van der Waals surface area contributed by atoms with E-state index in [1.807, 2.05) is 23.6 Å². The van der Waals surface area contributed by atoms with E-state index < -0.39 is 6.04 Å². The number of amides is 3. The molecule has 0 bridgehead atoms. The lowest BCUT2D eigenvalue weighted by Crippen LogP contribution is -2.48. The summed E-state index contributed by atoms with van der Waals surface area (Å²) < 4.78 is 11.2. The summed E-state index contributed by atoms with van der Waals surface area (Å²) in [5.41, 5.74) is 0.478. The van der Waals surface area contributed by atoms with Crippen LogP contribution in [0.15, 0.2) is 24.3 Å². The summed E-state index contributed by atoms with van der Waals surface area (Å²) in [5.74, 6) is 0.202. The van der Waals surface area contributed by atoms with Crippen LogP contribution in [0.2, 0.25) is 0 Å². The Morgan fingerprint density at radius 1 is 1.19 bits per heavy atom. The van der Waals surface area contributed by atoms with E-state index in [9.17, 15) is 14.4 Å². The second-order valence-corrected chi connectivity index (χ2v) is 10.3. The van der Waals surface area contributed by atoms with E-state index >= 15 is 0 Å². The van der Waals surface area contributed by atoms with Gasteiger partial charge in [-0.25, -0.2) is 0 Å². The van der Waals surface area contributed by atoms with Crippen molar-refractivity contribution < 1.29 is 23.9 Å². The van der Waals surface area contributed by atoms with Gasteiger partial charge in [0.15, 0.2) is 0 Å². The lowest BCUT2D eigenvalue weighted by atomic mass is 10.1. The number of rotatable bonds is 7. The first-order valence-electron chi connectivity index (χ1n) is 13.3. The summed E-state index contributed by atoms with van der Waals surface area (Å²) in [6.07, 6.45) is 3.22. The summed E-state index contributed by atoms with van der Waals surface area (Å²) >= 11 is 0. The number of ether oxygens (including phenoxy) is 2. The zero-order valence-electron chi connectivity index (χ0n) is 21.8. The second kappa shape index (κ2) is 12.1. The number of hydrogen-bond donors (Lipinski definition) is 1. The van der Waals surface area contributed by atoms with E-state index in [0.717, 1.165) is 32.4 Å². The Kier molecular flexibility index (Phi) is 8.85. The zero-order chi connectivity index (χ0) is 25.7. The highest BCUT2D eigenvalue weighted by atomic mass is 16.5. The van der Waals surface area contributed by atoms with E-state index in [1.54, 1.807) is 36.3 Å². The minimum atomic E-state index is -0.612. The Balaban J connectivity index is 1.62. The maximum atomic E-state index is 13.8. The number of hydrogen-bond acceptors (Lipinski definition) is 6. The van der Waals surface area contributed by atoms with Crippen molar-refractivity contribution in [3.63, 3.8) is 0 Å². The lowest BCUT2D eigenvalue weighted by Gasteiger charge is -2.32. The number of carbonyl (C=O) groups is 3. The van der Waals surface area contributed by atoms with Gasteiger partial charge in [0.1, 0.15) is 11.8 Å². The van der Waals surface area contributed by atoms with Crippen LogP contribution >= 0.6 is 0 Å². The molecule has 0 radical (unpaired) electrons. The number of benzene rings is 1. The smallest absolute Gasteiger partial charge is 0.254 e. The third kappa shape index (κ3) is 6.00. The fourth-order valence-corrected chi connectivity index (χ4v) is 5.46. The van der Waals surface area contributed by atoms with Crippen LogP contribution in [0.5, 0.6) is 5.75 Å². The Labute approximate surface area is 214 Å². The summed E-state index contributed by atoms with van der Waals surface area (Å²) in [5, 5.41) is 3.33. The van der Waals surface area contributed by atoms with Crippen LogP contribution in [0, 0.1) is 5.92 Å². The van der Waals surface area contributed by atoms with Gasteiger partial charge < -0.3 is 29.5 Å². The van der Waals surface area contributed by atoms with E-state index in [4.69, 9.17) is 9.47 Å². The minimum Gasteiger partial charge on any atom is -0.497 e. The van der Waals surface area contributed by atoms with Crippen molar-refractivity contribution in [2.75, 3.05) is 53.0 Å². The van der Waals surface area contributed by atoms with Crippen molar-refractivity contribution in [2.45, 2.75) is 57.7 Å². The number of nitrogens with one attached hydrogen (secondary N) is 1. The molecule has 0 saturated carbocycles. The Hall–Kier alpha value is -2.65. The molecule has 0 aromatic heterocycles. The van der Waals surface area contributed by atoms with Gasteiger partial charge in [-0.05, 0) is 50.4 Å². The van der Waals surface area contributed by atoms with Crippen molar-refractivity contribution in [2.24, 2.45) is 5.92 Å². The standard InChI is InChI=1S/C27H40N4O5/c1-19(2)25(32)30(18-23-9-5-14-36-23)21-16-24(27(34)29-12-6-10-28-11-13-29)31(17-21)26(33)20-7-4-8-22(15-20)35-3/h4,7-8,15,19,21,23-24,28H,5-6,9-14,16-18H2,1-3H3. The molecule has 0 spiro atoms. The fourth-order valence-electron chi connectivity index (χ4n) is 5.46. The van der Waals surface area contributed by atoms with Gasteiger partial charge in [0, 0.05) is 50.8 Å². The Bertz CT molecular complexity index is 924. The normalized spacial score (nSPS) is 24.6. The molecule has 0 aliphatic carbocycles. The van der Waals surface area contributed by atoms with Gasteiger partial charge >= 0.3 is 0 Å². The number of likely N-dealkylation sites (tertiary alicyclic amines) is 1. The highest BCUT2D eigenvalue weighted by molar-refractivity contribution is 5.98. The molecule has 1 N–H and O–H groups in total. The third-order valence-corrected chi connectivity index (χ3v) is 7.44. The summed E-state index contributed by atoms with van der Waals surface area (Å²) in [7, 11) is 1.57. The molecule has 198 valence electrons. The van der Waals surface area contributed by atoms with Gasteiger partial charge in [-0.2, -0.15) is 0 Å². The van der Waals surface area contributed by atoms with Crippen molar-refractivity contribution in [3.8, 4) is 5.75 Å². The van der Waals surface area contributed by atoms with Crippen LogP contribution in [0.4, 0.5) is 0 Å². The zero-order valence-corrected chi connectivity index (χ0v) is 21.8. The molecule has 3 saturated heterocycles. The molecule has 3 fully saturated rings. The first-order valence-corrected chi connectivity index (χ1v) is 13.3. The molecule has 3 amide bonds. The van der Waals surface area contributed by atoms with Crippen molar-refractivity contribution >= 4 is 17.7 Å². The third-order valence-electron chi connectivity index (χ3n) is 7.44. The summed E-state index contributed by atoms with van der Waals surface area (Å²) in [6.45, 7) is 8.22. The maximum Gasteiger partial charge on any atom is 0.254 e. The van der Waals surface area contributed by atoms with Crippen LogP contribution in [-0.2, 0) is 14.3 Å². The summed E-state index contributed by atoms with van der Waals surface area (Å²) in [6, 6.07) is 6.18. The van der Waals surface area contributed by atoms with Crippen LogP contribution in [0.1, 0.15) is 49.9 Å². The quantitative estimate of drug-likeness (QED) is 0.614. The van der Waals surface area contributed by atoms with Gasteiger partial charge in [-0.3, -0.25) is 14.4 Å². The molecule has 4 rings (SSSR count). The molecular weight excluding hydrogens is 460 g/mol. The molecule has 3 aliphatic rings. The molecule has 1 aromatic carbocycles. The van der Waals surface area contributed by atoms with Crippen LogP contribution in [0.25, 0.3) is 0 Å². The minimum absolute atomic E-state index is 0.00155. The average molecular weight is 501 g/mol. The summed E-state index contributed by atoms with van der Waals surface area (Å²) in [4.78, 5) is 46.3. The van der Waals surface area contributed by atoms with Crippen molar-refractivity contribution in [3.05, 3.63) is 29.8 Å². The topological polar surface area (TPSA) is 91.4 Å². The van der Waals surface area contributed by atoms with E-state index in [2.05, 4.69) is 5.32 Å². The SMILES string of the molecule is COc1cccc(C(=O)N2CC(N(CC3CCCO3)C(=O)C(C)C)CC2C(=O)N2CCCNCC2)c1. The number of carbonyl (C=O) groups excluding carboxylic acids is 3. The monoisotopic (exact) mass is 500 g/mol. The van der Waals surface area contributed by atoms with Crippen molar-refractivity contribution in [1.29, 1.82) is 0 Å². The van der Waals surface area contributed by atoms with Crippen LogP contribution in [0.3, 0.4) is 0 Å². The van der Waals surface area contributed by atoms with E-state index in [1.165, 1.54) is 0 Å². The van der Waals surface area contributed by atoms with Gasteiger partial charge in [-0.15, -0.1) is 0 Å². The highest BCUT2D eigenvalue weighted by Gasteiger charge is 2.45. The first kappa shape index (κ1) is 26.4. The van der Waals surface area contributed by atoms with Gasteiger partial charge in [0.25, 0.3) is 5.91 Å². The highest BCUT2D eigenvalue weighted by Crippen LogP contribution is 2.29. The number of nitrogens with zero attached hydrogens (tertiary/aromatic N) is 3. The second-order valence-electron chi connectivity index (χ2n) is 10.3. The largest absolute Gasteiger partial charge is 0.497 e. The lowest BCUT2D eigenvalue weighted by molar-refractivity contribution is -0.139. The van der Waals surface area contributed by atoms with Crippen LogP contribution < -0.4 is 10.1 Å². The molecule has 9 heteroatoms. The predicted molar refractivity (Wildman–Crippen MR) is 136 cm³/mol. The Morgan fingerprint density at radius 2 is 2.03 bits per heavy atom. The maximum absolute atomic E-state index is 13.8. The fraction of sp³-hybridized carbons (Fsp3) is 0.667. The number of methoxy groups -OCH3 is 1. The molecule has 1 aromatic rings. The van der Waals surface area contributed by atoms with E-state index in [0.29, 0.717) is 50.5 Å². The molecular formula is C27H40N4O5. The predicted octanol–water partition coefficient (Wildman–Crippen LogP) is 1.76. The van der Waals surface area contributed by atoms with Gasteiger partial charge in [0.05, 0.1) is 19.3 Å². The Morgan fingerprint density at radius 3 is 2.75 bits per heavy atom. The molecule has 9 nitrogen and oxygen atoms in total. The average Bonchev–Trinajstić information content (AvgIpc) is 3.49. The molecule has 3 unspecified atom stereocenters. The molecule has 3 atom stereocenters. The van der Waals surface area contributed by atoms with Crippen molar-refractivity contribution in [1.82, 2.24) is 20.0 Å². The molecule has 3 aliphatic heterocycles. The van der Waals surface area contributed by atoms with Gasteiger partial charge in [0.2, 0.25) is 11.8 Å². The van der Waals surface area contributed by atoms with Gasteiger partial charge in [-0.1, -0.05) is 19.9 Å².